The number of benzene rings is 1. The van der Waals surface area contributed by atoms with Crippen molar-refractivity contribution in [3.8, 4) is 0 Å². The third kappa shape index (κ3) is 4.20. The number of halogens is 2. The minimum absolute atomic E-state index is 0.142. The molecule has 0 saturated carbocycles. The molecule has 0 bridgehead atoms. The van der Waals surface area contributed by atoms with Gasteiger partial charge in [0.05, 0.1) is 33.5 Å². The predicted molar refractivity (Wildman–Crippen MR) is 105 cm³/mol. The zero-order valence-electron chi connectivity index (χ0n) is 14.5. The molecule has 138 valence electrons. The first-order valence-corrected chi connectivity index (χ1v) is 9.01. The number of morpholine rings is 1. The molecule has 6 nitrogen and oxygen atoms in total. The van der Waals surface area contributed by atoms with E-state index in [1.807, 2.05) is 19.9 Å². The van der Waals surface area contributed by atoms with Gasteiger partial charge in [-0.3, -0.25) is 4.79 Å². The van der Waals surface area contributed by atoms with E-state index in [2.05, 4.69) is 15.2 Å². The van der Waals surface area contributed by atoms with Gasteiger partial charge in [0.15, 0.2) is 0 Å². The molecular weight excluding hydrogens is 375 g/mol. The fourth-order valence-corrected chi connectivity index (χ4v) is 3.42. The molecule has 2 heterocycles. The molecule has 3 rings (SSSR count). The second kappa shape index (κ2) is 7.70. The van der Waals surface area contributed by atoms with Crippen LogP contribution in [0.1, 0.15) is 24.2 Å². The number of aromatic nitrogens is 1. The highest BCUT2D eigenvalue weighted by Gasteiger charge is 2.23. The first-order chi connectivity index (χ1) is 12.3. The number of nitrogens with two attached hydrogens (primary N) is 1. The van der Waals surface area contributed by atoms with Crippen LogP contribution in [0.5, 0.6) is 0 Å². The topological polar surface area (TPSA) is 80.5 Å². The first-order valence-electron chi connectivity index (χ1n) is 8.26. The van der Waals surface area contributed by atoms with Gasteiger partial charge in [0.1, 0.15) is 5.82 Å². The number of anilines is 3. The fraction of sp³-hybridized carbons (Fsp3) is 0.333. The lowest BCUT2D eigenvalue weighted by Gasteiger charge is -2.36. The number of nitrogens with one attached hydrogen (secondary N) is 1. The minimum Gasteiger partial charge on any atom is -0.396 e. The molecule has 1 fully saturated rings. The van der Waals surface area contributed by atoms with Crippen molar-refractivity contribution in [2.75, 3.05) is 29.0 Å². The van der Waals surface area contributed by atoms with E-state index in [4.69, 9.17) is 33.7 Å². The van der Waals surface area contributed by atoms with E-state index in [9.17, 15) is 4.79 Å². The zero-order valence-corrected chi connectivity index (χ0v) is 16.0. The Morgan fingerprint density at radius 3 is 2.38 bits per heavy atom. The summed E-state index contributed by atoms with van der Waals surface area (Å²) in [5, 5.41) is 3.32. The lowest BCUT2D eigenvalue weighted by molar-refractivity contribution is -0.00546. The summed E-state index contributed by atoms with van der Waals surface area (Å²) in [6, 6.07) is 6.68. The van der Waals surface area contributed by atoms with E-state index in [0.717, 1.165) is 18.9 Å². The molecule has 0 spiro atoms. The number of nitrogens with zero attached hydrogens (tertiary/aromatic N) is 2. The summed E-state index contributed by atoms with van der Waals surface area (Å²) in [7, 11) is 0. The number of hydrogen-bond donors (Lipinski definition) is 2. The molecule has 26 heavy (non-hydrogen) atoms. The van der Waals surface area contributed by atoms with E-state index in [0.29, 0.717) is 11.3 Å². The van der Waals surface area contributed by atoms with Crippen LogP contribution in [-0.2, 0) is 4.74 Å². The number of amides is 1. The highest BCUT2D eigenvalue weighted by Crippen LogP contribution is 2.31. The van der Waals surface area contributed by atoms with Gasteiger partial charge in [-0.25, -0.2) is 4.98 Å². The largest absolute Gasteiger partial charge is 0.396 e. The van der Waals surface area contributed by atoms with E-state index in [-0.39, 0.29) is 33.8 Å². The first kappa shape index (κ1) is 18.8. The second-order valence-corrected chi connectivity index (χ2v) is 7.19. The molecule has 1 saturated heterocycles. The molecule has 8 heteroatoms. The van der Waals surface area contributed by atoms with Crippen molar-refractivity contribution in [2.24, 2.45) is 0 Å². The van der Waals surface area contributed by atoms with Gasteiger partial charge >= 0.3 is 0 Å². The van der Waals surface area contributed by atoms with Gasteiger partial charge in [0.25, 0.3) is 5.91 Å². The quantitative estimate of drug-likeness (QED) is 0.772. The molecule has 1 aliphatic rings. The van der Waals surface area contributed by atoms with Gasteiger partial charge in [0.2, 0.25) is 0 Å². The van der Waals surface area contributed by atoms with Crippen molar-refractivity contribution < 1.29 is 9.53 Å². The number of rotatable bonds is 3. The molecule has 1 amide bonds. The fourth-order valence-electron chi connectivity index (χ4n) is 2.93. The van der Waals surface area contributed by atoms with Crippen molar-refractivity contribution in [3.63, 3.8) is 0 Å². The number of carbonyl (C=O) groups is 1. The van der Waals surface area contributed by atoms with Gasteiger partial charge < -0.3 is 20.7 Å². The van der Waals surface area contributed by atoms with Gasteiger partial charge in [-0.15, -0.1) is 0 Å². The lowest BCUT2D eigenvalue weighted by Crippen LogP contribution is -2.45. The molecule has 3 N–H and O–H groups in total. The summed E-state index contributed by atoms with van der Waals surface area (Å²) >= 11 is 12.0. The molecule has 0 aliphatic carbocycles. The average Bonchev–Trinajstić information content (AvgIpc) is 2.59. The smallest absolute Gasteiger partial charge is 0.257 e. The van der Waals surface area contributed by atoms with Gasteiger partial charge in [-0.05, 0) is 38.1 Å². The van der Waals surface area contributed by atoms with E-state index in [1.165, 1.54) is 0 Å². The van der Waals surface area contributed by atoms with Crippen LogP contribution < -0.4 is 16.0 Å². The van der Waals surface area contributed by atoms with Gasteiger partial charge in [0, 0.05) is 25.0 Å². The Labute approximate surface area is 162 Å². The van der Waals surface area contributed by atoms with Crippen LogP contribution in [0.4, 0.5) is 17.2 Å². The Kier molecular flexibility index (Phi) is 5.55. The predicted octanol–water partition coefficient (Wildman–Crippen LogP) is 3.84. The van der Waals surface area contributed by atoms with Crippen molar-refractivity contribution in [1.82, 2.24) is 4.98 Å². The molecule has 0 radical (unpaired) electrons. The molecule has 1 aromatic carbocycles. The Balaban J connectivity index is 1.71. The minimum atomic E-state index is -0.301. The van der Waals surface area contributed by atoms with Crippen LogP contribution in [-0.4, -0.2) is 36.2 Å². The number of nitrogen functional groups attached to an aromatic ring is 1. The van der Waals surface area contributed by atoms with Crippen LogP contribution in [0.15, 0.2) is 30.5 Å². The summed E-state index contributed by atoms with van der Waals surface area (Å²) in [5.74, 6) is 0.520. The lowest BCUT2D eigenvalue weighted by atomic mass is 10.2. The average molecular weight is 395 g/mol. The third-order valence-corrected chi connectivity index (χ3v) is 4.72. The zero-order chi connectivity index (χ0) is 18.8. The van der Waals surface area contributed by atoms with Crippen LogP contribution in [0, 0.1) is 0 Å². The highest BCUT2D eigenvalue weighted by molar-refractivity contribution is 6.39. The maximum absolute atomic E-state index is 12.4. The number of hydrogen-bond acceptors (Lipinski definition) is 5. The van der Waals surface area contributed by atoms with Crippen LogP contribution >= 0.6 is 23.2 Å². The summed E-state index contributed by atoms with van der Waals surface area (Å²) in [4.78, 5) is 19.0. The van der Waals surface area contributed by atoms with Gasteiger partial charge in [-0.2, -0.15) is 0 Å². The molecule has 1 aromatic heterocycles. The Hall–Kier alpha value is -2.02. The Morgan fingerprint density at radius 1 is 1.23 bits per heavy atom. The molecule has 2 atom stereocenters. The van der Waals surface area contributed by atoms with Crippen LogP contribution in [0.25, 0.3) is 0 Å². The number of pyridine rings is 1. The van der Waals surface area contributed by atoms with E-state index < -0.39 is 0 Å². The third-order valence-electron chi connectivity index (χ3n) is 4.09. The molecule has 1 aliphatic heterocycles. The second-order valence-electron chi connectivity index (χ2n) is 6.38. The molecule has 2 aromatic rings. The maximum Gasteiger partial charge on any atom is 0.257 e. The summed E-state index contributed by atoms with van der Waals surface area (Å²) in [5.41, 5.74) is 6.89. The van der Waals surface area contributed by atoms with E-state index in [1.54, 1.807) is 24.4 Å². The summed E-state index contributed by atoms with van der Waals surface area (Å²) < 4.78 is 5.73. The van der Waals surface area contributed by atoms with E-state index >= 15 is 0 Å². The van der Waals surface area contributed by atoms with Gasteiger partial charge in [-0.1, -0.05) is 23.2 Å². The van der Waals surface area contributed by atoms with Crippen molar-refractivity contribution in [3.05, 3.63) is 46.1 Å². The van der Waals surface area contributed by atoms with Crippen LogP contribution in [0.2, 0.25) is 10.0 Å². The molecular formula is C18H20Cl2N4O2. The van der Waals surface area contributed by atoms with Crippen molar-refractivity contribution >= 4 is 46.3 Å². The standard InChI is InChI=1S/C18H20Cl2N4O2/c1-10-8-24(9-11(2)26-10)16-4-3-12(7-22-16)18(25)23-13-5-14(19)17(21)15(20)6-13/h3-7,10-11H,8-9,21H2,1-2H3,(H,23,25)/t10-,11+. The Bertz CT molecular complexity index is 780. The maximum atomic E-state index is 12.4. The SMILES string of the molecule is C[C@@H]1CN(c2ccc(C(=O)Nc3cc(Cl)c(N)c(Cl)c3)cn2)C[C@H](C)O1. The Morgan fingerprint density at radius 2 is 1.85 bits per heavy atom. The number of ether oxygens (including phenoxy) is 1. The van der Waals surface area contributed by atoms with Crippen molar-refractivity contribution in [2.45, 2.75) is 26.1 Å². The summed E-state index contributed by atoms with van der Waals surface area (Å²) in [6.07, 6.45) is 1.84. The summed E-state index contributed by atoms with van der Waals surface area (Å²) in [6.45, 7) is 5.61. The highest BCUT2D eigenvalue weighted by atomic mass is 35.5. The normalized spacial score (nSPS) is 20.1. The van der Waals surface area contributed by atoms with Crippen molar-refractivity contribution in [1.29, 1.82) is 0 Å². The number of carbonyl (C=O) groups excluding carboxylic acids is 1. The molecule has 0 unspecified atom stereocenters. The monoisotopic (exact) mass is 394 g/mol. The van der Waals surface area contributed by atoms with Crippen LogP contribution in [0.3, 0.4) is 0 Å².